The minimum Gasteiger partial charge on any atom is -0.494 e. The summed E-state index contributed by atoms with van der Waals surface area (Å²) in [5.41, 5.74) is 5.27. The van der Waals surface area contributed by atoms with Crippen LogP contribution < -0.4 is 20.5 Å². The zero-order valence-electron chi connectivity index (χ0n) is 20.6. The second-order valence-electron chi connectivity index (χ2n) is 10.5. The fourth-order valence-corrected chi connectivity index (χ4v) is 5.54. The number of aromatic nitrogens is 3. The summed E-state index contributed by atoms with van der Waals surface area (Å²) < 4.78 is 13.5. The lowest BCUT2D eigenvalue weighted by atomic mass is 9.82. The maximum Gasteiger partial charge on any atom is 0.251 e. The number of carbonyl (C=O) groups is 2. The third-order valence-electron chi connectivity index (χ3n) is 7.78. The first-order chi connectivity index (χ1) is 17.6. The molecule has 194 valence electrons. The minimum absolute atomic E-state index is 0.0510. The van der Waals surface area contributed by atoms with E-state index in [2.05, 4.69) is 31.3 Å². The minimum atomic E-state index is -1.43. The van der Waals surface area contributed by atoms with Gasteiger partial charge < -0.3 is 25.6 Å². The van der Waals surface area contributed by atoms with Gasteiger partial charge in [-0.1, -0.05) is 0 Å². The molecule has 1 aromatic carbocycles. The lowest BCUT2D eigenvalue weighted by Gasteiger charge is -2.29. The van der Waals surface area contributed by atoms with Gasteiger partial charge in [0.15, 0.2) is 5.75 Å². The van der Waals surface area contributed by atoms with Crippen LogP contribution in [-0.2, 0) is 15.8 Å². The number of primary amides is 1. The summed E-state index contributed by atoms with van der Waals surface area (Å²) in [6.07, 6.45) is 5.73. The van der Waals surface area contributed by atoms with E-state index in [1.54, 1.807) is 32.2 Å². The van der Waals surface area contributed by atoms with Crippen LogP contribution in [0.3, 0.4) is 0 Å². The number of rotatable bonds is 8. The van der Waals surface area contributed by atoms with Gasteiger partial charge >= 0.3 is 0 Å². The monoisotopic (exact) mass is 569 g/mol. The molecule has 0 bridgehead atoms. The Bertz CT molecular complexity index is 1450. The number of amides is 2. The molecule has 3 aliphatic rings. The number of nitrogens with zero attached hydrogens (tertiary/aromatic N) is 3. The van der Waals surface area contributed by atoms with Crippen LogP contribution in [0, 0.1) is 5.92 Å². The first kappa shape index (κ1) is 24.2. The van der Waals surface area contributed by atoms with E-state index >= 15 is 0 Å². The fraction of sp³-hybridized carbons (Fsp3) is 0.462. The Balaban J connectivity index is 1.29. The molecule has 10 nitrogen and oxygen atoms in total. The highest BCUT2D eigenvalue weighted by Crippen LogP contribution is 2.49. The molecule has 37 heavy (non-hydrogen) atoms. The molecule has 2 aliphatic carbocycles. The van der Waals surface area contributed by atoms with Gasteiger partial charge in [0, 0.05) is 22.7 Å². The number of pyridine rings is 1. The third-order valence-corrected chi connectivity index (χ3v) is 8.32. The summed E-state index contributed by atoms with van der Waals surface area (Å²) in [4.78, 5) is 30.1. The number of methoxy groups -OCH3 is 1. The summed E-state index contributed by atoms with van der Waals surface area (Å²) in [6, 6.07) is 5.54. The van der Waals surface area contributed by atoms with Crippen LogP contribution in [-0.4, -0.2) is 51.9 Å². The zero-order chi connectivity index (χ0) is 26.1. The maximum atomic E-state index is 13.3. The van der Waals surface area contributed by atoms with E-state index in [1.807, 2.05) is 10.9 Å². The normalized spacial score (nSPS) is 22.3. The number of fused-ring (bicyclic) bond motifs is 2. The predicted molar refractivity (Wildman–Crippen MR) is 137 cm³/mol. The number of halogens is 1. The summed E-state index contributed by atoms with van der Waals surface area (Å²) in [6.45, 7) is 1.76. The number of benzene rings is 1. The van der Waals surface area contributed by atoms with Gasteiger partial charge in [-0.3, -0.25) is 14.3 Å². The number of aliphatic hydroxyl groups is 1. The van der Waals surface area contributed by atoms with Crippen molar-refractivity contribution in [3.63, 3.8) is 0 Å². The fourth-order valence-electron chi connectivity index (χ4n) is 5.03. The van der Waals surface area contributed by atoms with E-state index in [9.17, 15) is 14.7 Å². The smallest absolute Gasteiger partial charge is 0.251 e. The van der Waals surface area contributed by atoms with Crippen molar-refractivity contribution in [2.45, 2.75) is 49.7 Å². The van der Waals surface area contributed by atoms with Gasteiger partial charge in [-0.15, -0.1) is 0 Å². The van der Waals surface area contributed by atoms with Crippen molar-refractivity contribution in [2.75, 3.05) is 20.3 Å². The van der Waals surface area contributed by atoms with Gasteiger partial charge in [0.1, 0.15) is 33.5 Å². The van der Waals surface area contributed by atoms with Crippen LogP contribution in [0.4, 0.5) is 0 Å². The van der Waals surface area contributed by atoms with Crippen LogP contribution >= 0.6 is 15.9 Å². The zero-order valence-corrected chi connectivity index (χ0v) is 22.2. The molecule has 0 unspecified atom stereocenters. The molecule has 11 heteroatoms. The van der Waals surface area contributed by atoms with Crippen molar-refractivity contribution < 1.29 is 24.2 Å². The van der Waals surface area contributed by atoms with E-state index in [1.165, 1.54) is 0 Å². The van der Waals surface area contributed by atoms with Crippen LogP contribution in [0.1, 0.15) is 60.3 Å². The maximum absolute atomic E-state index is 13.3. The van der Waals surface area contributed by atoms with Gasteiger partial charge in [0.25, 0.3) is 5.91 Å². The largest absolute Gasteiger partial charge is 0.494 e. The van der Waals surface area contributed by atoms with Gasteiger partial charge in [0.2, 0.25) is 5.91 Å². The van der Waals surface area contributed by atoms with Crippen molar-refractivity contribution in [3.8, 4) is 11.5 Å². The molecule has 1 aliphatic heterocycles. The Labute approximate surface area is 221 Å². The quantitative estimate of drug-likeness (QED) is 0.354. The molecule has 6 rings (SSSR count). The SMILES string of the molecule is COc1cc(C(=O)NC[C@](O)(c2cc3c(c(Br)n2)OC[C@]3(C)C(N)=O)C2CC2)cc2cn(C3CC3)nc12. The highest BCUT2D eigenvalue weighted by Gasteiger charge is 2.49. The van der Waals surface area contributed by atoms with Crippen molar-refractivity contribution in [2.24, 2.45) is 11.7 Å². The van der Waals surface area contributed by atoms with Crippen molar-refractivity contribution in [1.29, 1.82) is 0 Å². The second kappa shape index (κ2) is 8.42. The number of carbonyl (C=O) groups excluding carboxylic acids is 2. The van der Waals surface area contributed by atoms with E-state index in [0.29, 0.717) is 44.5 Å². The molecule has 0 spiro atoms. The van der Waals surface area contributed by atoms with Crippen molar-refractivity contribution in [3.05, 3.63) is 45.8 Å². The molecule has 2 fully saturated rings. The summed E-state index contributed by atoms with van der Waals surface area (Å²) >= 11 is 3.42. The summed E-state index contributed by atoms with van der Waals surface area (Å²) in [5.74, 6) is 0.0203. The van der Waals surface area contributed by atoms with Crippen LogP contribution in [0.2, 0.25) is 0 Å². The van der Waals surface area contributed by atoms with Gasteiger partial charge in [0.05, 0.1) is 25.4 Å². The first-order valence-corrected chi connectivity index (χ1v) is 13.1. The summed E-state index contributed by atoms with van der Waals surface area (Å²) in [7, 11) is 1.55. The van der Waals surface area contributed by atoms with Crippen LogP contribution in [0.5, 0.6) is 11.5 Å². The van der Waals surface area contributed by atoms with E-state index in [-0.39, 0.29) is 25.0 Å². The highest BCUT2D eigenvalue weighted by atomic mass is 79.9. The Morgan fingerprint density at radius 1 is 1.32 bits per heavy atom. The molecule has 2 saturated carbocycles. The number of ether oxygens (including phenoxy) is 2. The highest BCUT2D eigenvalue weighted by molar-refractivity contribution is 9.10. The van der Waals surface area contributed by atoms with Crippen LogP contribution in [0.15, 0.2) is 29.0 Å². The first-order valence-electron chi connectivity index (χ1n) is 12.4. The Kier molecular flexibility index (Phi) is 5.50. The predicted octanol–water partition coefficient (Wildman–Crippen LogP) is 2.70. The molecular weight excluding hydrogens is 542 g/mol. The molecule has 2 aromatic heterocycles. The number of nitrogens with one attached hydrogen (secondary N) is 1. The van der Waals surface area contributed by atoms with E-state index < -0.39 is 16.9 Å². The molecule has 2 atom stereocenters. The Morgan fingerprint density at radius 3 is 2.73 bits per heavy atom. The van der Waals surface area contributed by atoms with Gasteiger partial charge in [-0.2, -0.15) is 5.10 Å². The third kappa shape index (κ3) is 3.95. The molecule has 4 N–H and O–H groups in total. The number of hydrogen-bond donors (Lipinski definition) is 3. The molecule has 3 aromatic rings. The molecule has 2 amide bonds. The number of hydrogen-bond acceptors (Lipinski definition) is 7. The Hall–Kier alpha value is -3.18. The lowest BCUT2D eigenvalue weighted by molar-refractivity contribution is -0.123. The Morgan fingerprint density at radius 2 is 2.08 bits per heavy atom. The average molecular weight is 570 g/mol. The van der Waals surface area contributed by atoms with Crippen molar-refractivity contribution in [1.82, 2.24) is 20.1 Å². The molecule has 0 radical (unpaired) electrons. The van der Waals surface area contributed by atoms with Gasteiger partial charge in [-0.05, 0) is 72.7 Å². The van der Waals surface area contributed by atoms with Crippen molar-refractivity contribution >= 4 is 38.6 Å². The van der Waals surface area contributed by atoms with E-state index in [0.717, 1.165) is 31.1 Å². The second-order valence-corrected chi connectivity index (χ2v) is 11.2. The molecular formula is C26H28BrN5O5. The van der Waals surface area contributed by atoms with E-state index in [4.69, 9.17) is 15.2 Å². The lowest BCUT2D eigenvalue weighted by Crippen LogP contribution is -2.44. The number of nitrogens with two attached hydrogens (primary N) is 1. The summed E-state index contributed by atoms with van der Waals surface area (Å²) in [5, 5.41) is 20.2. The molecule has 3 heterocycles. The standard InChI is InChI=1S/C26H28BrN5O5/c1-25(24(28)34)12-37-21-17(25)9-19(30-22(21)27)26(35,15-3-4-15)11-29-23(33)13-7-14-10-32(16-5-6-16)31-20(14)18(8-13)36-2/h7-10,15-16,35H,3-6,11-12H2,1-2H3,(H2,28,34)(H,29,33)/t25-,26+/m0/s1. The van der Waals surface area contributed by atoms with Crippen LogP contribution in [0.25, 0.3) is 10.9 Å². The topological polar surface area (TPSA) is 142 Å². The molecule has 0 saturated heterocycles. The average Bonchev–Trinajstić information content (AvgIpc) is 3.82. The van der Waals surface area contributed by atoms with Gasteiger partial charge in [-0.25, -0.2) is 4.98 Å².